The summed E-state index contributed by atoms with van der Waals surface area (Å²) in [6.45, 7) is 5.39. The maximum Gasteiger partial charge on any atom is 0.238 e. The Morgan fingerprint density at radius 3 is 1.72 bits per heavy atom. The second-order valence-corrected chi connectivity index (χ2v) is 5.58. The third-order valence-electron chi connectivity index (χ3n) is 3.82. The standard InChI is InChI=1S/C18H17F5O2/c1-4-9(2)11-5-7-12(8-6-11)24-10(3)25-18-16(22)14(20)13(19)15(21)17(18)23/h5-10H,4H2,1-3H3. The Morgan fingerprint density at radius 2 is 1.24 bits per heavy atom. The third-order valence-corrected chi connectivity index (χ3v) is 3.82. The Morgan fingerprint density at radius 1 is 0.760 bits per heavy atom. The topological polar surface area (TPSA) is 18.5 Å². The molecule has 2 rings (SSSR count). The lowest BCUT2D eigenvalue weighted by atomic mass is 9.99. The van der Waals surface area contributed by atoms with Crippen LogP contribution in [0, 0.1) is 29.1 Å². The summed E-state index contributed by atoms with van der Waals surface area (Å²) in [5.74, 6) is -11.1. The highest BCUT2D eigenvalue weighted by atomic mass is 19.2. The minimum absolute atomic E-state index is 0.337. The first-order valence-corrected chi connectivity index (χ1v) is 7.70. The molecule has 0 bridgehead atoms. The van der Waals surface area contributed by atoms with Gasteiger partial charge in [-0.3, -0.25) is 0 Å². The summed E-state index contributed by atoms with van der Waals surface area (Å²) < 4.78 is 76.6. The van der Waals surface area contributed by atoms with Crippen molar-refractivity contribution in [3.63, 3.8) is 0 Å². The smallest absolute Gasteiger partial charge is 0.238 e. The molecular formula is C18H17F5O2. The van der Waals surface area contributed by atoms with Crippen LogP contribution in [0.15, 0.2) is 24.3 Å². The molecule has 0 aliphatic rings. The van der Waals surface area contributed by atoms with E-state index in [4.69, 9.17) is 9.47 Å². The van der Waals surface area contributed by atoms with Crippen LogP contribution in [0.25, 0.3) is 0 Å². The van der Waals surface area contributed by atoms with Crippen molar-refractivity contribution in [1.82, 2.24) is 0 Å². The van der Waals surface area contributed by atoms with Gasteiger partial charge < -0.3 is 9.47 Å². The number of rotatable bonds is 6. The molecule has 136 valence electrons. The van der Waals surface area contributed by atoms with Crippen LogP contribution < -0.4 is 9.47 Å². The van der Waals surface area contributed by atoms with Gasteiger partial charge >= 0.3 is 0 Å². The van der Waals surface area contributed by atoms with Gasteiger partial charge in [-0.05, 0) is 30.0 Å². The third kappa shape index (κ3) is 4.03. The maximum absolute atomic E-state index is 13.6. The fraction of sp³-hybridized carbons (Fsp3) is 0.333. The zero-order chi connectivity index (χ0) is 18.7. The fourth-order valence-corrected chi connectivity index (χ4v) is 2.18. The van der Waals surface area contributed by atoms with Crippen LogP contribution in [0.1, 0.15) is 38.7 Å². The number of ether oxygens (including phenoxy) is 2. The van der Waals surface area contributed by atoms with Gasteiger partial charge in [-0.25, -0.2) is 13.2 Å². The molecule has 0 fully saturated rings. The number of hydrogen-bond acceptors (Lipinski definition) is 2. The molecule has 2 unspecified atom stereocenters. The normalized spacial score (nSPS) is 13.4. The molecule has 0 aromatic heterocycles. The van der Waals surface area contributed by atoms with E-state index < -0.39 is 41.1 Å². The average Bonchev–Trinajstić information content (AvgIpc) is 2.62. The van der Waals surface area contributed by atoms with Crippen molar-refractivity contribution < 1.29 is 31.4 Å². The second kappa shape index (κ2) is 7.72. The first-order chi connectivity index (χ1) is 11.8. The molecule has 2 aromatic carbocycles. The minimum atomic E-state index is -2.24. The zero-order valence-corrected chi connectivity index (χ0v) is 13.9. The Bertz CT molecular complexity index is 717. The summed E-state index contributed by atoms with van der Waals surface area (Å²) >= 11 is 0. The summed E-state index contributed by atoms with van der Waals surface area (Å²) in [7, 11) is 0. The largest absolute Gasteiger partial charge is 0.455 e. The van der Waals surface area contributed by atoms with Crippen molar-refractivity contribution >= 4 is 0 Å². The van der Waals surface area contributed by atoms with Crippen molar-refractivity contribution in [3.05, 3.63) is 58.9 Å². The first-order valence-electron chi connectivity index (χ1n) is 7.70. The average molecular weight is 360 g/mol. The van der Waals surface area contributed by atoms with E-state index in [1.54, 1.807) is 12.1 Å². The van der Waals surface area contributed by atoms with Crippen LogP contribution >= 0.6 is 0 Å². The monoisotopic (exact) mass is 360 g/mol. The maximum atomic E-state index is 13.6. The van der Waals surface area contributed by atoms with E-state index in [0.29, 0.717) is 11.7 Å². The van der Waals surface area contributed by atoms with Gasteiger partial charge in [0.25, 0.3) is 0 Å². The molecule has 0 radical (unpaired) electrons. The highest BCUT2D eigenvalue weighted by Crippen LogP contribution is 2.30. The van der Waals surface area contributed by atoms with Crippen LogP contribution in [0.2, 0.25) is 0 Å². The molecule has 2 atom stereocenters. The zero-order valence-electron chi connectivity index (χ0n) is 13.9. The van der Waals surface area contributed by atoms with E-state index in [1.165, 1.54) is 6.92 Å². The van der Waals surface area contributed by atoms with Gasteiger partial charge in [0.2, 0.25) is 41.1 Å². The quantitative estimate of drug-likeness (QED) is 0.285. The molecule has 0 spiro atoms. The molecule has 0 saturated carbocycles. The SMILES string of the molecule is CCC(C)c1ccc(OC(C)Oc2c(F)c(F)c(F)c(F)c2F)cc1. The van der Waals surface area contributed by atoms with Crippen LogP contribution in [0.5, 0.6) is 11.5 Å². The molecule has 0 amide bonds. The fourth-order valence-electron chi connectivity index (χ4n) is 2.18. The van der Waals surface area contributed by atoms with E-state index in [-0.39, 0.29) is 0 Å². The van der Waals surface area contributed by atoms with Crippen molar-refractivity contribution in [2.75, 3.05) is 0 Å². The Balaban J connectivity index is 2.14. The molecule has 0 N–H and O–H groups in total. The van der Waals surface area contributed by atoms with Gasteiger partial charge in [-0.15, -0.1) is 0 Å². The molecule has 2 nitrogen and oxygen atoms in total. The summed E-state index contributed by atoms with van der Waals surface area (Å²) in [6.07, 6.45) is -0.317. The summed E-state index contributed by atoms with van der Waals surface area (Å²) in [4.78, 5) is 0. The van der Waals surface area contributed by atoms with Crippen LogP contribution in [-0.2, 0) is 0 Å². The van der Waals surface area contributed by atoms with Gasteiger partial charge in [0.05, 0.1) is 0 Å². The first kappa shape index (κ1) is 19.0. The van der Waals surface area contributed by atoms with Crippen LogP contribution in [-0.4, -0.2) is 6.29 Å². The molecule has 0 heterocycles. The van der Waals surface area contributed by atoms with Crippen molar-refractivity contribution in [2.45, 2.75) is 39.4 Å². The second-order valence-electron chi connectivity index (χ2n) is 5.58. The number of benzene rings is 2. The lowest BCUT2D eigenvalue weighted by Gasteiger charge is -2.18. The van der Waals surface area contributed by atoms with E-state index in [1.807, 2.05) is 12.1 Å². The van der Waals surface area contributed by atoms with Gasteiger partial charge in [-0.1, -0.05) is 26.0 Å². The van der Waals surface area contributed by atoms with Gasteiger partial charge in [0.1, 0.15) is 5.75 Å². The molecule has 0 aliphatic carbocycles. The van der Waals surface area contributed by atoms with Crippen LogP contribution in [0.4, 0.5) is 22.0 Å². The molecular weight excluding hydrogens is 343 g/mol. The highest BCUT2D eigenvalue weighted by molar-refractivity contribution is 5.31. The lowest BCUT2D eigenvalue weighted by Crippen LogP contribution is -2.22. The summed E-state index contributed by atoms with van der Waals surface area (Å²) in [5.41, 5.74) is 1.09. The Hall–Kier alpha value is -2.31. The van der Waals surface area contributed by atoms with E-state index >= 15 is 0 Å². The molecule has 25 heavy (non-hydrogen) atoms. The predicted molar refractivity (Wildman–Crippen MR) is 82.1 cm³/mol. The van der Waals surface area contributed by atoms with Gasteiger partial charge in [0, 0.05) is 6.92 Å². The highest BCUT2D eigenvalue weighted by Gasteiger charge is 2.28. The van der Waals surface area contributed by atoms with Crippen LogP contribution in [0.3, 0.4) is 0 Å². The van der Waals surface area contributed by atoms with Crippen molar-refractivity contribution in [1.29, 1.82) is 0 Å². The van der Waals surface area contributed by atoms with E-state index in [0.717, 1.165) is 12.0 Å². The van der Waals surface area contributed by atoms with Crippen molar-refractivity contribution in [2.24, 2.45) is 0 Å². The summed E-state index contributed by atoms with van der Waals surface area (Å²) in [5, 5.41) is 0. The Kier molecular flexibility index (Phi) is 5.87. The number of halogens is 5. The lowest BCUT2D eigenvalue weighted by molar-refractivity contribution is 0.0144. The van der Waals surface area contributed by atoms with E-state index in [2.05, 4.69) is 13.8 Å². The van der Waals surface area contributed by atoms with Gasteiger partial charge in [0.15, 0.2) is 0 Å². The molecule has 0 aliphatic heterocycles. The minimum Gasteiger partial charge on any atom is -0.455 e. The molecule has 2 aromatic rings. The summed E-state index contributed by atoms with van der Waals surface area (Å²) in [6, 6.07) is 6.93. The molecule has 7 heteroatoms. The van der Waals surface area contributed by atoms with E-state index in [9.17, 15) is 22.0 Å². The predicted octanol–water partition coefficient (Wildman–Crippen LogP) is 5.70. The number of hydrogen-bond donors (Lipinski definition) is 0. The molecule has 0 saturated heterocycles. The van der Waals surface area contributed by atoms with Gasteiger partial charge in [-0.2, -0.15) is 8.78 Å². The Labute approximate surface area is 142 Å². The van der Waals surface area contributed by atoms with Crippen molar-refractivity contribution in [3.8, 4) is 11.5 Å².